The van der Waals surface area contributed by atoms with E-state index < -0.39 is 10.0 Å². The summed E-state index contributed by atoms with van der Waals surface area (Å²) >= 11 is 3.19. The van der Waals surface area contributed by atoms with Crippen LogP contribution in [0.2, 0.25) is 0 Å². The van der Waals surface area contributed by atoms with Crippen molar-refractivity contribution in [3.8, 4) is 0 Å². The molecule has 1 N–H and O–H groups in total. The third kappa shape index (κ3) is 4.19. The summed E-state index contributed by atoms with van der Waals surface area (Å²) in [5, 5.41) is 0. The molecule has 140 valence electrons. The Morgan fingerprint density at radius 2 is 1.88 bits per heavy atom. The molecule has 0 spiro atoms. The third-order valence-electron chi connectivity index (χ3n) is 4.52. The highest BCUT2D eigenvalue weighted by molar-refractivity contribution is 9.10. The number of aryl methyl sites for hydroxylation is 2. The lowest BCUT2D eigenvalue weighted by Crippen LogP contribution is -2.46. The molecule has 1 aliphatic heterocycles. The van der Waals surface area contributed by atoms with Gasteiger partial charge in [-0.3, -0.25) is 4.79 Å². The average molecular weight is 441 g/mol. The maximum Gasteiger partial charge on any atom is 0.289 e. The molecule has 2 heterocycles. The Balaban J connectivity index is 1.63. The standard InChI is InChI=1S/C18H21BrN2O4S/c1-12-3-4-13(2)16(11-12)26(23,24)20-14-7-9-21(10-8-14)18(22)15-5-6-17(19)25-15/h3-6,11,14,20H,7-10H2,1-2H3. The van der Waals surface area contributed by atoms with E-state index in [1.165, 1.54) is 0 Å². The minimum absolute atomic E-state index is 0.175. The Hall–Kier alpha value is -1.64. The molecule has 26 heavy (non-hydrogen) atoms. The molecule has 2 aromatic rings. The number of piperidine rings is 1. The number of rotatable bonds is 4. The zero-order valence-electron chi connectivity index (χ0n) is 14.7. The number of nitrogens with zero attached hydrogens (tertiary/aromatic N) is 1. The molecule has 0 radical (unpaired) electrons. The molecule has 1 aliphatic rings. The van der Waals surface area contributed by atoms with Crippen molar-refractivity contribution in [3.05, 3.63) is 51.9 Å². The Morgan fingerprint density at radius 1 is 1.19 bits per heavy atom. The summed E-state index contributed by atoms with van der Waals surface area (Å²) in [6.07, 6.45) is 1.13. The summed E-state index contributed by atoms with van der Waals surface area (Å²) in [6, 6.07) is 8.51. The van der Waals surface area contributed by atoms with Crippen LogP contribution in [0.3, 0.4) is 0 Å². The molecule has 3 rings (SSSR count). The zero-order valence-corrected chi connectivity index (χ0v) is 17.1. The predicted octanol–water partition coefficient (Wildman–Crippen LogP) is 3.24. The number of likely N-dealkylation sites (tertiary alicyclic amines) is 1. The molecule has 0 bridgehead atoms. The van der Waals surface area contributed by atoms with Gasteiger partial charge in [0, 0.05) is 19.1 Å². The predicted molar refractivity (Wildman–Crippen MR) is 102 cm³/mol. The highest BCUT2D eigenvalue weighted by Gasteiger charge is 2.28. The van der Waals surface area contributed by atoms with Gasteiger partial charge < -0.3 is 9.32 Å². The first kappa shape index (κ1) is 19.1. The van der Waals surface area contributed by atoms with Gasteiger partial charge in [-0.25, -0.2) is 13.1 Å². The number of hydrogen-bond donors (Lipinski definition) is 1. The largest absolute Gasteiger partial charge is 0.444 e. The summed E-state index contributed by atoms with van der Waals surface area (Å²) in [6.45, 7) is 4.63. The first-order valence-corrected chi connectivity index (χ1v) is 10.7. The van der Waals surface area contributed by atoms with Crippen LogP contribution < -0.4 is 4.72 Å². The van der Waals surface area contributed by atoms with Gasteiger partial charge in [-0.05, 0) is 71.9 Å². The first-order chi connectivity index (χ1) is 12.3. The molecular weight excluding hydrogens is 420 g/mol. The molecule has 1 fully saturated rings. The third-order valence-corrected chi connectivity index (χ3v) is 6.61. The Labute approximate surface area is 161 Å². The summed E-state index contributed by atoms with van der Waals surface area (Å²) in [7, 11) is -3.58. The Morgan fingerprint density at radius 3 is 2.50 bits per heavy atom. The molecule has 0 atom stereocenters. The van der Waals surface area contributed by atoms with E-state index in [4.69, 9.17) is 4.42 Å². The molecule has 1 aromatic heterocycles. The number of nitrogens with one attached hydrogen (secondary N) is 1. The van der Waals surface area contributed by atoms with Crippen LogP contribution in [0.1, 0.15) is 34.5 Å². The van der Waals surface area contributed by atoms with Gasteiger partial charge in [-0.2, -0.15) is 0 Å². The van der Waals surface area contributed by atoms with Crippen LogP contribution in [0.5, 0.6) is 0 Å². The van der Waals surface area contributed by atoms with Crippen molar-refractivity contribution in [1.82, 2.24) is 9.62 Å². The number of sulfonamides is 1. The molecule has 0 unspecified atom stereocenters. The van der Waals surface area contributed by atoms with E-state index in [1.54, 1.807) is 30.0 Å². The van der Waals surface area contributed by atoms with Crippen LogP contribution in [0.4, 0.5) is 0 Å². The fourth-order valence-corrected chi connectivity index (χ4v) is 5.01. The number of benzene rings is 1. The molecular formula is C18H21BrN2O4S. The van der Waals surface area contributed by atoms with Crippen molar-refractivity contribution in [2.24, 2.45) is 0 Å². The lowest BCUT2D eigenvalue weighted by atomic mass is 10.1. The lowest BCUT2D eigenvalue weighted by molar-refractivity contribution is 0.0677. The minimum atomic E-state index is -3.58. The normalized spacial score (nSPS) is 16.0. The second-order valence-corrected chi connectivity index (χ2v) is 9.02. The summed E-state index contributed by atoms with van der Waals surface area (Å²) in [5.41, 5.74) is 1.63. The second kappa shape index (κ2) is 7.54. The number of amides is 1. The lowest BCUT2D eigenvalue weighted by Gasteiger charge is -2.31. The van der Waals surface area contributed by atoms with E-state index in [9.17, 15) is 13.2 Å². The highest BCUT2D eigenvalue weighted by Crippen LogP contribution is 2.21. The van der Waals surface area contributed by atoms with E-state index in [1.807, 2.05) is 19.1 Å². The van der Waals surface area contributed by atoms with Gasteiger partial charge in [0.05, 0.1) is 4.90 Å². The molecule has 1 amide bonds. The van der Waals surface area contributed by atoms with Crippen molar-refractivity contribution >= 4 is 31.9 Å². The van der Waals surface area contributed by atoms with Gasteiger partial charge in [0.25, 0.3) is 5.91 Å². The molecule has 8 heteroatoms. The molecule has 6 nitrogen and oxygen atoms in total. The average Bonchev–Trinajstić information content (AvgIpc) is 3.03. The number of carbonyl (C=O) groups is 1. The fourth-order valence-electron chi connectivity index (χ4n) is 3.07. The van der Waals surface area contributed by atoms with Crippen LogP contribution in [0, 0.1) is 13.8 Å². The maximum atomic E-state index is 12.7. The van der Waals surface area contributed by atoms with E-state index in [2.05, 4.69) is 20.7 Å². The Kier molecular flexibility index (Phi) is 5.55. The summed E-state index contributed by atoms with van der Waals surface area (Å²) < 4.78 is 34.0. The fraction of sp³-hybridized carbons (Fsp3) is 0.389. The van der Waals surface area contributed by atoms with Crippen molar-refractivity contribution < 1.29 is 17.6 Å². The monoisotopic (exact) mass is 440 g/mol. The minimum Gasteiger partial charge on any atom is -0.444 e. The van der Waals surface area contributed by atoms with Crippen LogP contribution >= 0.6 is 15.9 Å². The van der Waals surface area contributed by atoms with Crippen molar-refractivity contribution in [3.63, 3.8) is 0 Å². The maximum absolute atomic E-state index is 12.7. The van der Waals surface area contributed by atoms with E-state index in [0.717, 1.165) is 11.1 Å². The van der Waals surface area contributed by atoms with Crippen LogP contribution in [0.15, 0.2) is 44.3 Å². The van der Waals surface area contributed by atoms with E-state index in [0.29, 0.717) is 35.5 Å². The highest BCUT2D eigenvalue weighted by atomic mass is 79.9. The first-order valence-electron chi connectivity index (χ1n) is 8.40. The Bertz CT molecular complexity index is 915. The number of halogens is 1. The van der Waals surface area contributed by atoms with Gasteiger partial charge in [0.1, 0.15) is 0 Å². The van der Waals surface area contributed by atoms with Gasteiger partial charge >= 0.3 is 0 Å². The van der Waals surface area contributed by atoms with Gasteiger partial charge in [0.15, 0.2) is 10.4 Å². The van der Waals surface area contributed by atoms with E-state index in [-0.39, 0.29) is 17.7 Å². The summed E-state index contributed by atoms with van der Waals surface area (Å²) in [4.78, 5) is 14.4. The molecule has 0 aliphatic carbocycles. The zero-order chi connectivity index (χ0) is 18.9. The van der Waals surface area contributed by atoms with Crippen LogP contribution in [-0.2, 0) is 10.0 Å². The topological polar surface area (TPSA) is 79.6 Å². The SMILES string of the molecule is Cc1ccc(C)c(S(=O)(=O)NC2CCN(C(=O)c3ccc(Br)o3)CC2)c1. The number of carbonyl (C=O) groups excluding carboxylic acids is 1. The van der Waals surface area contributed by atoms with Gasteiger partial charge in [-0.1, -0.05) is 12.1 Å². The van der Waals surface area contributed by atoms with Crippen molar-refractivity contribution in [1.29, 1.82) is 0 Å². The van der Waals surface area contributed by atoms with Crippen molar-refractivity contribution in [2.45, 2.75) is 37.6 Å². The van der Waals surface area contributed by atoms with E-state index >= 15 is 0 Å². The van der Waals surface area contributed by atoms with Gasteiger partial charge in [0.2, 0.25) is 10.0 Å². The van der Waals surface area contributed by atoms with Crippen LogP contribution in [-0.4, -0.2) is 38.4 Å². The van der Waals surface area contributed by atoms with Gasteiger partial charge in [-0.15, -0.1) is 0 Å². The smallest absolute Gasteiger partial charge is 0.289 e. The summed E-state index contributed by atoms with van der Waals surface area (Å²) in [5.74, 6) is 0.109. The van der Waals surface area contributed by atoms with Crippen molar-refractivity contribution in [2.75, 3.05) is 13.1 Å². The molecule has 1 aromatic carbocycles. The number of hydrogen-bond acceptors (Lipinski definition) is 4. The van der Waals surface area contributed by atoms with Crippen LogP contribution in [0.25, 0.3) is 0 Å². The molecule has 0 saturated carbocycles. The second-order valence-electron chi connectivity index (χ2n) is 6.56. The molecule has 1 saturated heterocycles. The number of furan rings is 1. The quantitative estimate of drug-likeness (QED) is 0.790.